The number of fused-ring (bicyclic) bond motifs is 1. The van der Waals surface area contributed by atoms with Crippen LogP contribution in [0.5, 0.6) is 0 Å². The Labute approximate surface area is 236 Å². The molecular formula is C28H27FN4O7S. The number of carboxylic acid groups (broad SMARTS) is 1. The number of nitrogens with one attached hydrogen (secondary N) is 2. The second-order valence-electron chi connectivity index (χ2n) is 10.2. The zero-order valence-corrected chi connectivity index (χ0v) is 23.6. The van der Waals surface area contributed by atoms with Crippen LogP contribution in [0.2, 0.25) is 0 Å². The number of halogens is 1. The lowest BCUT2D eigenvalue weighted by atomic mass is 10.1. The molecule has 13 heteroatoms. The predicted octanol–water partition coefficient (Wildman–Crippen LogP) is 4.12. The number of anilines is 1. The molecule has 0 saturated heterocycles. The summed E-state index contributed by atoms with van der Waals surface area (Å²) in [6, 6.07) is 9.59. The Hall–Kier alpha value is -4.78. The Morgan fingerprint density at radius 2 is 1.76 bits per heavy atom. The van der Waals surface area contributed by atoms with E-state index in [0.29, 0.717) is 4.88 Å². The topological polar surface area (TPSA) is 151 Å². The van der Waals surface area contributed by atoms with Crippen molar-refractivity contribution >= 4 is 45.9 Å². The molecule has 0 saturated carbocycles. The summed E-state index contributed by atoms with van der Waals surface area (Å²) in [5, 5.41) is 12.0. The number of thiophene rings is 1. The normalized spacial score (nSPS) is 12.1. The largest absolute Gasteiger partial charge is 0.479 e. The molecule has 2 aromatic heterocycles. The fourth-order valence-electron chi connectivity index (χ4n) is 3.99. The van der Waals surface area contributed by atoms with Crippen LogP contribution in [-0.4, -0.2) is 45.3 Å². The van der Waals surface area contributed by atoms with E-state index in [2.05, 4.69) is 10.3 Å². The number of rotatable bonds is 6. The average Bonchev–Trinajstić information content (AvgIpc) is 3.31. The Kier molecular flexibility index (Phi) is 7.84. The molecule has 0 fully saturated rings. The maximum absolute atomic E-state index is 14.9. The molecule has 2 aromatic carbocycles. The number of aryl methyl sites for hydroxylation is 1. The van der Waals surface area contributed by atoms with Gasteiger partial charge in [-0.15, -0.1) is 11.3 Å². The first kappa shape index (κ1) is 29.2. The standard InChI is InChI=1S/C28H27FN4O7S/c1-14-6-11-21(41-14)22(25(36)37)31-23(34)15-7-9-16(10-8-15)33-24(35)17-12-20(18(29)13-19(17)30-26(33)38)32(5)27(39)40-28(2,3)4/h6-13,22H,1-5H3,(H,30,38)(H,31,34)(H,36,37). The fraction of sp³-hybridized carbons (Fsp3) is 0.250. The SMILES string of the molecule is Cc1ccc(C(NC(=O)c2ccc(-n3c(=O)[nH]c4cc(F)c(N(C)C(=O)OC(C)(C)C)cc4c3=O)cc2)C(=O)O)s1. The third kappa shape index (κ3) is 6.19. The van der Waals surface area contributed by atoms with E-state index >= 15 is 0 Å². The Morgan fingerprint density at radius 1 is 1.10 bits per heavy atom. The van der Waals surface area contributed by atoms with Gasteiger partial charge in [-0.25, -0.2) is 23.3 Å². The molecule has 214 valence electrons. The van der Waals surface area contributed by atoms with Gasteiger partial charge in [0, 0.05) is 28.4 Å². The van der Waals surface area contributed by atoms with Gasteiger partial charge in [0.05, 0.1) is 22.3 Å². The number of aromatic amines is 1. The molecular weight excluding hydrogens is 555 g/mol. The summed E-state index contributed by atoms with van der Waals surface area (Å²) in [5.41, 5.74) is -2.59. The second kappa shape index (κ2) is 11.0. The van der Waals surface area contributed by atoms with Gasteiger partial charge in [0.2, 0.25) is 0 Å². The van der Waals surface area contributed by atoms with E-state index in [1.165, 1.54) is 42.6 Å². The highest BCUT2D eigenvalue weighted by Gasteiger charge is 2.25. The van der Waals surface area contributed by atoms with E-state index in [-0.39, 0.29) is 27.8 Å². The number of carbonyl (C=O) groups excluding carboxylic acids is 2. The van der Waals surface area contributed by atoms with Crippen molar-refractivity contribution in [3.63, 3.8) is 0 Å². The van der Waals surface area contributed by atoms with Crippen molar-refractivity contribution in [2.75, 3.05) is 11.9 Å². The fourth-order valence-corrected chi connectivity index (χ4v) is 4.91. The number of ether oxygens (including phenoxy) is 1. The van der Waals surface area contributed by atoms with Crippen LogP contribution in [0.4, 0.5) is 14.9 Å². The molecule has 0 aliphatic rings. The molecule has 2 heterocycles. The summed E-state index contributed by atoms with van der Waals surface area (Å²) in [4.78, 5) is 67.9. The van der Waals surface area contributed by atoms with Crippen LogP contribution in [0.1, 0.15) is 46.9 Å². The Morgan fingerprint density at radius 3 is 2.32 bits per heavy atom. The number of benzene rings is 2. The van der Waals surface area contributed by atoms with E-state index in [1.54, 1.807) is 32.9 Å². The number of H-pyrrole nitrogens is 1. The highest BCUT2D eigenvalue weighted by Crippen LogP contribution is 2.25. The van der Waals surface area contributed by atoms with E-state index < -0.39 is 46.7 Å². The molecule has 1 unspecified atom stereocenters. The lowest BCUT2D eigenvalue weighted by molar-refractivity contribution is -0.139. The molecule has 0 aliphatic heterocycles. The van der Waals surface area contributed by atoms with E-state index in [0.717, 1.165) is 26.5 Å². The molecule has 4 rings (SSSR count). The van der Waals surface area contributed by atoms with Crippen molar-refractivity contribution in [3.05, 3.63) is 90.5 Å². The Bertz CT molecular complexity index is 1780. The lowest BCUT2D eigenvalue weighted by Gasteiger charge is -2.25. The van der Waals surface area contributed by atoms with Crippen LogP contribution in [-0.2, 0) is 9.53 Å². The summed E-state index contributed by atoms with van der Waals surface area (Å²) < 4.78 is 20.9. The first-order valence-electron chi connectivity index (χ1n) is 12.3. The molecule has 41 heavy (non-hydrogen) atoms. The van der Waals surface area contributed by atoms with Crippen LogP contribution < -0.4 is 21.5 Å². The number of nitrogens with zero attached hydrogens (tertiary/aromatic N) is 2. The number of hydrogen-bond donors (Lipinski definition) is 3. The van der Waals surface area contributed by atoms with Gasteiger partial charge in [-0.05, 0) is 70.2 Å². The van der Waals surface area contributed by atoms with Crippen LogP contribution >= 0.6 is 11.3 Å². The molecule has 1 atom stereocenters. The van der Waals surface area contributed by atoms with Crippen LogP contribution in [0.3, 0.4) is 0 Å². The quantitative estimate of drug-likeness (QED) is 0.309. The number of aliphatic carboxylic acids is 1. The minimum Gasteiger partial charge on any atom is -0.479 e. The van der Waals surface area contributed by atoms with Gasteiger partial charge >= 0.3 is 17.8 Å². The number of aromatic nitrogens is 2. The van der Waals surface area contributed by atoms with Crippen LogP contribution in [0.25, 0.3) is 16.6 Å². The summed E-state index contributed by atoms with van der Waals surface area (Å²) in [6.07, 6.45) is -0.839. The summed E-state index contributed by atoms with van der Waals surface area (Å²) in [5.74, 6) is -2.74. The van der Waals surface area contributed by atoms with Crippen molar-refractivity contribution in [1.82, 2.24) is 14.9 Å². The van der Waals surface area contributed by atoms with Gasteiger partial charge in [0.1, 0.15) is 11.4 Å². The van der Waals surface area contributed by atoms with Gasteiger partial charge in [0.15, 0.2) is 6.04 Å². The molecule has 3 N–H and O–H groups in total. The average molecular weight is 583 g/mol. The summed E-state index contributed by atoms with van der Waals surface area (Å²) in [7, 11) is 1.29. The number of hydrogen-bond acceptors (Lipinski definition) is 7. The molecule has 0 spiro atoms. The number of amides is 2. The third-order valence-electron chi connectivity index (χ3n) is 5.95. The monoisotopic (exact) mass is 582 g/mol. The van der Waals surface area contributed by atoms with Gasteiger partial charge in [0.25, 0.3) is 11.5 Å². The second-order valence-corrected chi connectivity index (χ2v) is 11.5. The maximum atomic E-state index is 14.9. The minimum absolute atomic E-state index is 0.0744. The van der Waals surface area contributed by atoms with Crippen molar-refractivity contribution in [2.24, 2.45) is 0 Å². The highest BCUT2D eigenvalue weighted by molar-refractivity contribution is 7.12. The summed E-state index contributed by atoms with van der Waals surface area (Å²) in [6.45, 7) is 6.79. The molecule has 0 aliphatic carbocycles. The van der Waals surface area contributed by atoms with Crippen molar-refractivity contribution in [2.45, 2.75) is 39.3 Å². The van der Waals surface area contributed by atoms with E-state index in [4.69, 9.17) is 4.74 Å². The molecule has 4 aromatic rings. The zero-order chi connectivity index (χ0) is 30.2. The van der Waals surface area contributed by atoms with Crippen molar-refractivity contribution in [1.29, 1.82) is 0 Å². The van der Waals surface area contributed by atoms with Gasteiger partial charge < -0.3 is 20.1 Å². The van der Waals surface area contributed by atoms with Crippen LogP contribution in [0.15, 0.2) is 58.1 Å². The van der Waals surface area contributed by atoms with Gasteiger partial charge in [-0.1, -0.05) is 0 Å². The summed E-state index contributed by atoms with van der Waals surface area (Å²) >= 11 is 1.25. The first-order chi connectivity index (χ1) is 19.2. The van der Waals surface area contributed by atoms with Crippen molar-refractivity contribution < 1.29 is 28.6 Å². The third-order valence-corrected chi connectivity index (χ3v) is 7.02. The smallest absolute Gasteiger partial charge is 0.414 e. The highest BCUT2D eigenvalue weighted by atomic mass is 32.1. The van der Waals surface area contributed by atoms with E-state index in [1.807, 2.05) is 6.92 Å². The number of carbonyl (C=O) groups is 3. The Balaban J connectivity index is 1.67. The van der Waals surface area contributed by atoms with Gasteiger partial charge in [-0.3, -0.25) is 14.5 Å². The zero-order valence-electron chi connectivity index (χ0n) is 22.8. The molecule has 0 bridgehead atoms. The minimum atomic E-state index is -1.25. The van der Waals surface area contributed by atoms with E-state index in [9.17, 15) is 33.5 Å². The lowest BCUT2D eigenvalue weighted by Crippen LogP contribution is -2.36. The first-order valence-corrected chi connectivity index (χ1v) is 13.1. The van der Waals surface area contributed by atoms with Crippen molar-refractivity contribution in [3.8, 4) is 5.69 Å². The number of carboxylic acids is 1. The maximum Gasteiger partial charge on any atom is 0.414 e. The van der Waals surface area contributed by atoms with Crippen LogP contribution in [0, 0.1) is 12.7 Å². The predicted molar refractivity (Wildman–Crippen MR) is 152 cm³/mol. The molecule has 2 amide bonds. The molecule has 0 radical (unpaired) electrons. The van der Waals surface area contributed by atoms with Gasteiger partial charge in [-0.2, -0.15) is 0 Å². The molecule has 11 nitrogen and oxygen atoms in total.